The van der Waals surface area contributed by atoms with Crippen molar-refractivity contribution in [1.29, 1.82) is 0 Å². The van der Waals surface area contributed by atoms with E-state index in [-0.39, 0.29) is 12.5 Å². The van der Waals surface area contributed by atoms with E-state index in [0.717, 1.165) is 11.5 Å². The highest BCUT2D eigenvalue weighted by Crippen LogP contribution is 2.08. The zero-order valence-electron chi connectivity index (χ0n) is 9.20. The summed E-state index contributed by atoms with van der Waals surface area (Å²) in [5, 5.41) is 9.12. The van der Waals surface area contributed by atoms with Gasteiger partial charge in [-0.25, -0.2) is 0 Å². The second-order valence-corrected chi connectivity index (χ2v) is 6.15. The minimum absolute atomic E-state index is 0.188. The zero-order valence-corrected chi connectivity index (χ0v) is 10.8. The van der Waals surface area contributed by atoms with Gasteiger partial charge in [0.1, 0.15) is 5.75 Å². The summed E-state index contributed by atoms with van der Waals surface area (Å²) >= 11 is 1.67. The fraction of sp³-hybridized carbons (Fsp3) is 1.00. The van der Waals surface area contributed by atoms with Crippen LogP contribution in [0, 0.1) is 5.92 Å². The number of aliphatic hydroxyl groups excluding tert-OH is 1. The lowest BCUT2D eigenvalue weighted by Gasteiger charge is -2.14. The Balaban J connectivity index is 3.62. The highest BCUT2D eigenvalue weighted by molar-refractivity contribution is 7.99. The molecule has 0 radical (unpaired) electrons. The molecule has 6 nitrogen and oxygen atoms in total. The van der Waals surface area contributed by atoms with E-state index in [1.54, 1.807) is 11.8 Å². The van der Waals surface area contributed by atoms with Crippen LogP contribution in [0.3, 0.4) is 0 Å². The maximum Gasteiger partial charge on any atom is 0.269 e. The number of rotatable bonds is 9. The lowest BCUT2D eigenvalue weighted by atomic mass is 10.2. The summed E-state index contributed by atoms with van der Waals surface area (Å²) in [7, 11) is -4.19. The summed E-state index contributed by atoms with van der Waals surface area (Å²) in [6.45, 7) is 2.78. The molecule has 98 valence electrons. The first kappa shape index (κ1) is 16.1. The summed E-state index contributed by atoms with van der Waals surface area (Å²) in [4.78, 5) is 0. The zero-order chi connectivity index (χ0) is 12.6. The van der Waals surface area contributed by atoms with Gasteiger partial charge in [-0.1, -0.05) is 6.92 Å². The third-order valence-corrected chi connectivity index (χ3v) is 3.63. The fourth-order valence-electron chi connectivity index (χ4n) is 0.920. The Morgan fingerprint density at radius 1 is 1.50 bits per heavy atom. The van der Waals surface area contributed by atoms with E-state index in [0.29, 0.717) is 6.54 Å². The van der Waals surface area contributed by atoms with Crippen LogP contribution < -0.4 is 5.73 Å². The molecule has 0 saturated carbocycles. The van der Waals surface area contributed by atoms with E-state index < -0.39 is 22.2 Å². The van der Waals surface area contributed by atoms with Gasteiger partial charge in [0.2, 0.25) is 0 Å². The van der Waals surface area contributed by atoms with Crippen LogP contribution in [-0.4, -0.2) is 54.8 Å². The molecule has 0 saturated heterocycles. The first-order valence-corrected chi connectivity index (χ1v) is 7.64. The summed E-state index contributed by atoms with van der Waals surface area (Å²) in [6.07, 6.45) is -1.48. The molecule has 0 aliphatic rings. The third kappa shape index (κ3) is 10.7. The number of ether oxygens (including phenoxy) is 1. The lowest BCUT2D eigenvalue weighted by molar-refractivity contribution is -0.0909. The van der Waals surface area contributed by atoms with Crippen LogP contribution in [0.25, 0.3) is 0 Å². The predicted octanol–water partition coefficient (Wildman–Crippen LogP) is -0.463. The van der Waals surface area contributed by atoms with Crippen molar-refractivity contribution in [3.8, 4) is 0 Å². The number of aliphatic hydroxyl groups is 1. The Hall–Kier alpha value is 0.140. The van der Waals surface area contributed by atoms with Gasteiger partial charge >= 0.3 is 0 Å². The molecule has 0 aromatic rings. The summed E-state index contributed by atoms with van der Waals surface area (Å²) in [5.74, 6) is 1.08. The van der Waals surface area contributed by atoms with Gasteiger partial charge in [0, 0.05) is 12.3 Å². The van der Waals surface area contributed by atoms with Gasteiger partial charge in [-0.15, -0.1) is 0 Å². The summed E-state index contributed by atoms with van der Waals surface area (Å²) < 4.78 is 34.1. The van der Waals surface area contributed by atoms with E-state index in [4.69, 9.17) is 20.1 Å². The van der Waals surface area contributed by atoms with Crippen LogP contribution in [0.2, 0.25) is 0 Å². The number of nitrogens with two attached hydrogens (primary N) is 1. The van der Waals surface area contributed by atoms with Crippen molar-refractivity contribution in [2.75, 3.05) is 30.4 Å². The second-order valence-electron chi connectivity index (χ2n) is 3.51. The Kier molecular flexibility index (Phi) is 8.34. The molecule has 2 unspecified atom stereocenters. The minimum atomic E-state index is -4.19. The largest absolute Gasteiger partial charge is 0.367 e. The molecular weight excluding hydrogens is 254 g/mol. The van der Waals surface area contributed by atoms with Crippen LogP contribution in [0.4, 0.5) is 0 Å². The number of hydrogen-bond acceptors (Lipinski definition) is 6. The Morgan fingerprint density at radius 3 is 2.62 bits per heavy atom. The van der Waals surface area contributed by atoms with Crippen LogP contribution in [0.5, 0.6) is 0 Å². The third-order valence-electron chi connectivity index (χ3n) is 1.59. The van der Waals surface area contributed by atoms with Gasteiger partial charge in [0.25, 0.3) is 10.1 Å². The molecule has 8 heteroatoms. The smallest absolute Gasteiger partial charge is 0.269 e. The summed E-state index contributed by atoms with van der Waals surface area (Å²) in [6, 6.07) is 0. The van der Waals surface area contributed by atoms with Crippen LogP contribution in [0.15, 0.2) is 0 Å². The van der Waals surface area contributed by atoms with Gasteiger partial charge in [-0.2, -0.15) is 20.2 Å². The van der Waals surface area contributed by atoms with Gasteiger partial charge in [-0.3, -0.25) is 4.55 Å². The van der Waals surface area contributed by atoms with E-state index in [1.165, 1.54) is 0 Å². The van der Waals surface area contributed by atoms with Crippen molar-refractivity contribution in [3.63, 3.8) is 0 Å². The molecule has 0 aromatic carbocycles. The van der Waals surface area contributed by atoms with Crippen LogP contribution in [-0.2, 0) is 14.9 Å². The van der Waals surface area contributed by atoms with Gasteiger partial charge in [0.15, 0.2) is 6.29 Å². The van der Waals surface area contributed by atoms with E-state index in [2.05, 4.69) is 0 Å². The lowest BCUT2D eigenvalue weighted by Crippen LogP contribution is -2.25. The highest BCUT2D eigenvalue weighted by atomic mass is 32.2. The normalized spacial score (nSPS) is 16.0. The van der Waals surface area contributed by atoms with Crippen molar-refractivity contribution in [2.45, 2.75) is 13.2 Å². The SMILES string of the molecule is CC(COC(O)CS(=O)(=O)O)CSCCN. The Labute approximate surface area is 100 Å². The molecule has 0 aromatic heterocycles. The molecule has 4 N–H and O–H groups in total. The van der Waals surface area contributed by atoms with Gasteiger partial charge in [-0.05, 0) is 11.7 Å². The van der Waals surface area contributed by atoms with Crippen molar-refractivity contribution in [2.24, 2.45) is 11.7 Å². The van der Waals surface area contributed by atoms with Crippen LogP contribution >= 0.6 is 11.8 Å². The first-order chi connectivity index (χ1) is 7.35. The molecule has 0 aliphatic heterocycles. The van der Waals surface area contributed by atoms with Crippen molar-refractivity contribution >= 4 is 21.9 Å². The highest BCUT2D eigenvalue weighted by Gasteiger charge is 2.15. The van der Waals surface area contributed by atoms with Crippen molar-refractivity contribution in [3.05, 3.63) is 0 Å². The summed E-state index contributed by atoms with van der Waals surface area (Å²) in [5.41, 5.74) is 5.32. The maximum atomic E-state index is 10.4. The predicted molar refractivity (Wildman–Crippen MR) is 63.9 cm³/mol. The van der Waals surface area contributed by atoms with Crippen molar-refractivity contribution < 1.29 is 22.8 Å². The molecule has 0 heterocycles. The maximum absolute atomic E-state index is 10.4. The topological polar surface area (TPSA) is 110 Å². The second kappa shape index (κ2) is 8.26. The Morgan fingerprint density at radius 2 is 2.12 bits per heavy atom. The molecule has 0 bridgehead atoms. The minimum Gasteiger partial charge on any atom is -0.367 e. The van der Waals surface area contributed by atoms with E-state index in [1.807, 2.05) is 6.92 Å². The van der Waals surface area contributed by atoms with Crippen molar-refractivity contribution in [1.82, 2.24) is 0 Å². The quantitative estimate of drug-likeness (QED) is 0.296. The molecule has 0 aliphatic carbocycles. The average molecular weight is 273 g/mol. The number of thioether (sulfide) groups is 1. The Bertz CT molecular complexity index is 270. The molecule has 0 spiro atoms. The fourth-order valence-corrected chi connectivity index (χ4v) is 2.21. The monoisotopic (exact) mass is 273 g/mol. The molecular formula is C8H19NO5S2. The average Bonchev–Trinajstić information content (AvgIpc) is 2.12. The van der Waals surface area contributed by atoms with Crippen LogP contribution in [0.1, 0.15) is 6.92 Å². The molecule has 0 fully saturated rings. The van der Waals surface area contributed by atoms with Gasteiger partial charge < -0.3 is 15.6 Å². The molecule has 0 amide bonds. The van der Waals surface area contributed by atoms with Gasteiger partial charge in [0.05, 0.1) is 6.61 Å². The number of hydrogen-bond donors (Lipinski definition) is 3. The molecule has 0 rings (SSSR count). The molecule has 16 heavy (non-hydrogen) atoms. The molecule has 2 atom stereocenters. The van der Waals surface area contributed by atoms with E-state index >= 15 is 0 Å². The standard InChI is InChI=1S/C8H19NO5S2/c1-7(5-15-3-2-9)4-14-8(10)6-16(11,12)13/h7-8,10H,2-6,9H2,1H3,(H,11,12,13). The van der Waals surface area contributed by atoms with E-state index in [9.17, 15) is 8.42 Å². The first-order valence-electron chi connectivity index (χ1n) is 4.87.